The number of rotatable bonds is 5. The fourth-order valence-electron chi connectivity index (χ4n) is 1.65. The fraction of sp³-hybridized carbons (Fsp3) is 0.364. The Morgan fingerprint density at radius 3 is 2.18 bits per heavy atom. The summed E-state index contributed by atoms with van der Waals surface area (Å²) in [4.78, 5) is 11.3. The Morgan fingerprint density at radius 1 is 1.29 bits per heavy atom. The van der Waals surface area contributed by atoms with E-state index in [0.29, 0.717) is 12.0 Å². The molecule has 0 aliphatic heterocycles. The second-order valence-electron chi connectivity index (χ2n) is 3.86. The number of hydrogen-bond acceptors (Lipinski definition) is 3. The number of amides is 1. The molecule has 0 saturated carbocycles. The lowest BCUT2D eigenvalue weighted by molar-refractivity contribution is -0.119. The second kappa shape index (κ2) is 5.29. The van der Waals surface area contributed by atoms with Crippen LogP contribution >= 0.6 is 0 Å². The average molecular weight is 256 g/mol. The Kier molecular flexibility index (Phi) is 4.25. The van der Waals surface area contributed by atoms with Gasteiger partial charge in [-0.2, -0.15) is 0 Å². The van der Waals surface area contributed by atoms with Crippen LogP contribution in [0.1, 0.15) is 31.2 Å². The van der Waals surface area contributed by atoms with Crippen LogP contribution in [0.15, 0.2) is 29.2 Å². The van der Waals surface area contributed by atoms with Crippen molar-refractivity contribution < 1.29 is 13.2 Å². The van der Waals surface area contributed by atoms with E-state index in [4.69, 9.17) is 10.9 Å². The van der Waals surface area contributed by atoms with E-state index in [1.807, 2.05) is 6.92 Å². The quantitative estimate of drug-likeness (QED) is 0.810. The van der Waals surface area contributed by atoms with Gasteiger partial charge in [-0.25, -0.2) is 13.6 Å². The van der Waals surface area contributed by atoms with Crippen molar-refractivity contribution in [2.45, 2.75) is 30.6 Å². The lowest BCUT2D eigenvalue weighted by Crippen LogP contribution is -2.21. The van der Waals surface area contributed by atoms with Gasteiger partial charge in [0.25, 0.3) is 0 Å². The van der Waals surface area contributed by atoms with Gasteiger partial charge in [-0.05, 0) is 24.1 Å². The summed E-state index contributed by atoms with van der Waals surface area (Å²) >= 11 is 0. The number of hydrogen-bond donors (Lipinski definition) is 2. The third-order valence-electron chi connectivity index (χ3n) is 2.53. The SMILES string of the molecule is CCCC(C(N)=O)c1ccc(S(N)(=O)=O)cc1. The lowest BCUT2D eigenvalue weighted by Gasteiger charge is -2.12. The summed E-state index contributed by atoms with van der Waals surface area (Å²) in [5.41, 5.74) is 6.01. The average Bonchev–Trinajstić information content (AvgIpc) is 2.24. The molecule has 0 heterocycles. The van der Waals surface area contributed by atoms with Gasteiger partial charge in [0.05, 0.1) is 10.8 Å². The zero-order valence-corrected chi connectivity index (χ0v) is 10.4. The van der Waals surface area contributed by atoms with Crippen LogP contribution in [0.5, 0.6) is 0 Å². The van der Waals surface area contributed by atoms with Crippen LogP contribution in [0, 0.1) is 0 Å². The highest BCUT2D eigenvalue weighted by Gasteiger charge is 2.17. The van der Waals surface area contributed by atoms with Crippen molar-refractivity contribution in [2.75, 3.05) is 0 Å². The number of benzene rings is 1. The summed E-state index contributed by atoms with van der Waals surface area (Å²) in [5.74, 6) is -0.787. The predicted octanol–water partition coefficient (Wildman–Crippen LogP) is 0.703. The van der Waals surface area contributed by atoms with Gasteiger partial charge >= 0.3 is 0 Å². The topological polar surface area (TPSA) is 103 Å². The van der Waals surface area contributed by atoms with Crippen LogP contribution in [-0.4, -0.2) is 14.3 Å². The van der Waals surface area contributed by atoms with Crippen molar-refractivity contribution in [1.82, 2.24) is 0 Å². The van der Waals surface area contributed by atoms with Crippen LogP contribution in [0.4, 0.5) is 0 Å². The molecule has 1 atom stereocenters. The van der Waals surface area contributed by atoms with E-state index in [1.165, 1.54) is 12.1 Å². The maximum atomic E-state index is 11.3. The van der Waals surface area contributed by atoms with Gasteiger partial charge in [-0.3, -0.25) is 4.79 Å². The molecule has 0 radical (unpaired) electrons. The van der Waals surface area contributed by atoms with Crippen molar-refractivity contribution in [1.29, 1.82) is 0 Å². The van der Waals surface area contributed by atoms with Crippen LogP contribution in [0.3, 0.4) is 0 Å². The minimum atomic E-state index is -3.69. The van der Waals surface area contributed by atoms with Gasteiger partial charge in [0.15, 0.2) is 0 Å². The Labute approximate surface area is 101 Å². The van der Waals surface area contributed by atoms with Crippen molar-refractivity contribution in [2.24, 2.45) is 10.9 Å². The Balaban J connectivity index is 3.04. The largest absolute Gasteiger partial charge is 0.369 e. The molecule has 0 aliphatic rings. The number of sulfonamides is 1. The first-order chi connectivity index (χ1) is 7.86. The Hall–Kier alpha value is -1.40. The summed E-state index contributed by atoms with van der Waals surface area (Å²) in [6.07, 6.45) is 1.47. The lowest BCUT2D eigenvalue weighted by atomic mass is 9.94. The van der Waals surface area contributed by atoms with Crippen molar-refractivity contribution >= 4 is 15.9 Å². The molecule has 94 valence electrons. The van der Waals surface area contributed by atoms with Crippen LogP contribution in [0.25, 0.3) is 0 Å². The number of primary sulfonamides is 1. The zero-order chi connectivity index (χ0) is 13.1. The Morgan fingerprint density at radius 2 is 1.82 bits per heavy atom. The smallest absolute Gasteiger partial charge is 0.238 e. The molecule has 5 nitrogen and oxygen atoms in total. The zero-order valence-electron chi connectivity index (χ0n) is 9.59. The van der Waals surface area contributed by atoms with E-state index < -0.39 is 15.9 Å². The molecule has 1 aromatic carbocycles. The third kappa shape index (κ3) is 3.54. The van der Waals surface area contributed by atoms with Gasteiger partial charge < -0.3 is 5.73 Å². The molecule has 0 spiro atoms. The van der Waals surface area contributed by atoms with Gasteiger partial charge in [-0.15, -0.1) is 0 Å². The molecule has 4 N–H and O–H groups in total. The molecular weight excluding hydrogens is 240 g/mol. The standard InChI is InChI=1S/C11H16N2O3S/c1-2-3-10(11(12)14)8-4-6-9(7-5-8)17(13,15)16/h4-7,10H,2-3H2,1H3,(H2,12,14)(H2,13,15,16). The van der Waals surface area contributed by atoms with E-state index in [2.05, 4.69) is 0 Å². The first kappa shape index (κ1) is 13.7. The normalized spacial score (nSPS) is 13.3. The molecule has 1 aromatic rings. The summed E-state index contributed by atoms with van der Waals surface area (Å²) in [6, 6.07) is 5.92. The summed E-state index contributed by atoms with van der Waals surface area (Å²) < 4.78 is 22.1. The summed E-state index contributed by atoms with van der Waals surface area (Å²) in [5, 5.41) is 4.98. The molecule has 17 heavy (non-hydrogen) atoms. The van der Waals surface area contributed by atoms with E-state index >= 15 is 0 Å². The van der Waals surface area contributed by atoms with E-state index in [-0.39, 0.29) is 10.8 Å². The van der Waals surface area contributed by atoms with E-state index in [9.17, 15) is 13.2 Å². The molecule has 6 heteroatoms. The molecule has 1 rings (SSSR count). The summed E-state index contributed by atoms with van der Waals surface area (Å²) in [7, 11) is -3.69. The maximum Gasteiger partial charge on any atom is 0.238 e. The number of carbonyl (C=O) groups excluding carboxylic acids is 1. The number of nitrogens with two attached hydrogens (primary N) is 2. The predicted molar refractivity (Wildman–Crippen MR) is 64.7 cm³/mol. The molecule has 0 aromatic heterocycles. The third-order valence-corrected chi connectivity index (χ3v) is 3.46. The first-order valence-electron chi connectivity index (χ1n) is 5.28. The molecule has 1 unspecified atom stereocenters. The second-order valence-corrected chi connectivity index (χ2v) is 5.42. The van der Waals surface area contributed by atoms with Gasteiger partial charge in [0.1, 0.15) is 0 Å². The van der Waals surface area contributed by atoms with E-state index in [0.717, 1.165) is 6.42 Å². The summed E-state index contributed by atoms with van der Waals surface area (Å²) in [6.45, 7) is 1.95. The van der Waals surface area contributed by atoms with Crippen molar-refractivity contribution in [3.8, 4) is 0 Å². The molecule has 0 saturated heterocycles. The highest BCUT2D eigenvalue weighted by molar-refractivity contribution is 7.89. The molecule has 0 fully saturated rings. The van der Waals surface area contributed by atoms with Crippen molar-refractivity contribution in [3.05, 3.63) is 29.8 Å². The van der Waals surface area contributed by atoms with Gasteiger partial charge in [0, 0.05) is 0 Å². The molecule has 0 aliphatic carbocycles. The fourth-order valence-corrected chi connectivity index (χ4v) is 2.17. The molecular formula is C11H16N2O3S. The minimum absolute atomic E-state index is 0.0287. The van der Waals surface area contributed by atoms with Crippen LogP contribution in [0.2, 0.25) is 0 Å². The number of primary amides is 1. The highest BCUT2D eigenvalue weighted by atomic mass is 32.2. The number of carbonyl (C=O) groups is 1. The maximum absolute atomic E-state index is 11.3. The van der Waals surface area contributed by atoms with Crippen LogP contribution < -0.4 is 10.9 Å². The monoisotopic (exact) mass is 256 g/mol. The van der Waals surface area contributed by atoms with E-state index in [1.54, 1.807) is 12.1 Å². The molecule has 0 bridgehead atoms. The molecule has 1 amide bonds. The van der Waals surface area contributed by atoms with Gasteiger partial charge in [-0.1, -0.05) is 25.5 Å². The minimum Gasteiger partial charge on any atom is -0.369 e. The highest BCUT2D eigenvalue weighted by Crippen LogP contribution is 2.22. The van der Waals surface area contributed by atoms with Gasteiger partial charge in [0.2, 0.25) is 15.9 Å². The first-order valence-corrected chi connectivity index (χ1v) is 6.83. The van der Waals surface area contributed by atoms with Crippen molar-refractivity contribution in [3.63, 3.8) is 0 Å². The van der Waals surface area contributed by atoms with Crippen LogP contribution in [-0.2, 0) is 14.8 Å². The Bertz CT molecular complexity index is 494.